The molecule has 180 valence electrons. The molecule has 4 rings (SSSR count). The average molecular weight is 512 g/mol. The number of ether oxygens (including phenoxy) is 2. The molecule has 1 atom stereocenters. The van der Waals surface area contributed by atoms with Gasteiger partial charge in [-0.2, -0.15) is 18.2 Å². The normalized spacial score (nSPS) is 12.9. The van der Waals surface area contributed by atoms with Gasteiger partial charge in [0.15, 0.2) is 9.17 Å². The van der Waals surface area contributed by atoms with Crippen molar-refractivity contribution in [2.45, 2.75) is 23.9 Å². The molecule has 1 aromatic carbocycles. The molecule has 4 aromatic rings. The molecule has 0 aliphatic rings. The highest BCUT2D eigenvalue weighted by molar-refractivity contribution is 7.87. The molecule has 3 heterocycles. The molecule has 0 spiro atoms. The van der Waals surface area contributed by atoms with E-state index in [0.29, 0.717) is 46.5 Å². The van der Waals surface area contributed by atoms with E-state index in [1.807, 2.05) is 13.0 Å². The lowest BCUT2D eigenvalue weighted by molar-refractivity contribution is -0.129. The van der Waals surface area contributed by atoms with Crippen LogP contribution in [-0.4, -0.2) is 61.0 Å². The molecule has 1 unspecified atom stereocenters. The van der Waals surface area contributed by atoms with E-state index < -0.39 is 29.1 Å². The molecule has 8 nitrogen and oxygen atoms in total. The van der Waals surface area contributed by atoms with Gasteiger partial charge in [0.25, 0.3) is 0 Å². The second kappa shape index (κ2) is 10.2. The Hall–Kier alpha value is -2.90. The second-order valence-electron chi connectivity index (χ2n) is 7.21. The van der Waals surface area contributed by atoms with Crippen LogP contribution in [-0.2, 0) is 15.5 Å². The van der Waals surface area contributed by atoms with E-state index in [0.717, 1.165) is 17.0 Å². The maximum absolute atomic E-state index is 12.6. The maximum atomic E-state index is 12.6. The van der Waals surface area contributed by atoms with Gasteiger partial charge in [0.05, 0.1) is 29.5 Å². The first-order chi connectivity index (χ1) is 16.2. The lowest BCUT2D eigenvalue weighted by Crippen LogP contribution is -2.12. The maximum Gasteiger partial charge on any atom is 0.390 e. The SMILES string of the molecule is COCCOc1cccc(-c2nc(-n3cnc(C)c3)nc3sc(S(=O)CCC(F)(F)F)nc23)c1. The fourth-order valence-electron chi connectivity index (χ4n) is 3.01. The Morgan fingerprint density at radius 1 is 1.18 bits per heavy atom. The summed E-state index contributed by atoms with van der Waals surface area (Å²) in [7, 11) is -0.344. The molecular formula is C21H20F3N5O3S2. The molecule has 0 fully saturated rings. The van der Waals surface area contributed by atoms with Crippen LogP contribution in [0.2, 0.25) is 0 Å². The number of hydrogen-bond acceptors (Lipinski definition) is 8. The number of alkyl halides is 3. The standard InChI is InChI=1S/C21H20F3N5O3S2/c1-13-11-29(12-25-13)19-26-16(14-4-3-5-15(10-14)32-8-7-31-2)17-18(28-19)33-20(27-17)34(30)9-6-21(22,23)24/h3-5,10-12H,6-9H2,1-2H3. The highest BCUT2D eigenvalue weighted by atomic mass is 32.2. The predicted molar refractivity (Wildman–Crippen MR) is 122 cm³/mol. The summed E-state index contributed by atoms with van der Waals surface area (Å²) >= 11 is 0.990. The monoisotopic (exact) mass is 511 g/mol. The number of halogens is 3. The molecule has 0 N–H and O–H groups in total. The molecule has 0 saturated carbocycles. The minimum absolute atomic E-state index is 0.0706. The molecular weight excluding hydrogens is 491 g/mol. The van der Waals surface area contributed by atoms with Gasteiger partial charge in [0.1, 0.15) is 29.9 Å². The van der Waals surface area contributed by atoms with Gasteiger partial charge in [-0.3, -0.25) is 8.78 Å². The van der Waals surface area contributed by atoms with Crippen LogP contribution in [0.4, 0.5) is 13.2 Å². The van der Waals surface area contributed by atoms with Gasteiger partial charge < -0.3 is 9.47 Å². The van der Waals surface area contributed by atoms with Crippen molar-refractivity contribution in [1.29, 1.82) is 0 Å². The van der Waals surface area contributed by atoms with Crippen LogP contribution in [0.5, 0.6) is 5.75 Å². The van der Waals surface area contributed by atoms with Crippen molar-refractivity contribution >= 4 is 32.5 Å². The van der Waals surface area contributed by atoms with E-state index in [2.05, 4.69) is 19.9 Å². The second-order valence-corrected chi connectivity index (χ2v) is 9.93. The van der Waals surface area contributed by atoms with Gasteiger partial charge in [-0.25, -0.2) is 15.0 Å². The largest absolute Gasteiger partial charge is 0.491 e. The zero-order chi connectivity index (χ0) is 24.3. The number of hydrogen-bond donors (Lipinski definition) is 0. The Morgan fingerprint density at radius 3 is 2.71 bits per heavy atom. The van der Waals surface area contributed by atoms with E-state index in [1.54, 1.807) is 42.4 Å². The summed E-state index contributed by atoms with van der Waals surface area (Å²) in [6, 6.07) is 7.17. The van der Waals surface area contributed by atoms with Crippen LogP contribution in [0, 0.1) is 6.92 Å². The smallest absolute Gasteiger partial charge is 0.390 e. The number of rotatable bonds is 9. The number of thiazole rings is 1. The third-order valence-corrected chi connectivity index (χ3v) is 7.21. The minimum atomic E-state index is -4.40. The Kier molecular flexibility index (Phi) is 7.24. The number of benzene rings is 1. The summed E-state index contributed by atoms with van der Waals surface area (Å²) < 4.78 is 62.8. The van der Waals surface area contributed by atoms with E-state index in [-0.39, 0.29) is 4.34 Å². The minimum Gasteiger partial charge on any atom is -0.491 e. The Labute approximate surface area is 199 Å². The molecule has 0 aliphatic carbocycles. The van der Waals surface area contributed by atoms with Crippen LogP contribution in [0.25, 0.3) is 27.6 Å². The first-order valence-corrected chi connectivity index (χ1v) is 12.2. The quantitative estimate of drug-likeness (QED) is 0.309. The van der Waals surface area contributed by atoms with Gasteiger partial charge in [0, 0.05) is 24.6 Å². The van der Waals surface area contributed by atoms with E-state index >= 15 is 0 Å². The van der Waals surface area contributed by atoms with Crippen molar-refractivity contribution in [2.75, 3.05) is 26.1 Å². The molecule has 0 radical (unpaired) electrons. The number of fused-ring (bicyclic) bond motifs is 1. The van der Waals surface area contributed by atoms with Crippen LogP contribution in [0.15, 0.2) is 41.1 Å². The van der Waals surface area contributed by atoms with Gasteiger partial charge in [-0.1, -0.05) is 23.5 Å². The van der Waals surface area contributed by atoms with Gasteiger partial charge in [-0.05, 0) is 19.1 Å². The lowest BCUT2D eigenvalue weighted by atomic mass is 10.1. The molecule has 0 bridgehead atoms. The zero-order valence-electron chi connectivity index (χ0n) is 18.2. The molecule has 0 saturated heterocycles. The molecule has 34 heavy (non-hydrogen) atoms. The molecule has 3 aromatic heterocycles. The van der Waals surface area contributed by atoms with Crippen molar-refractivity contribution in [3.63, 3.8) is 0 Å². The average Bonchev–Trinajstić information content (AvgIpc) is 3.43. The number of aryl methyl sites for hydroxylation is 1. The summed E-state index contributed by atoms with van der Waals surface area (Å²) in [4.78, 5) is 18.1. The van der Waals surface area contributed by atoms with Crippen LogP contribution in [0.3, 0.4) is 0 Å². The Bertz CT molecular complexity index is 1320. The van der Waals surface area contributed by atoms with E-state index in [4.69, 9.17) is 9.47 Å². The highest BCUT2D eigenvalue weighted by Crippen LogP contribution is 2.33. The number of imidazole rings is 1. The summed E-state index contributed by atoms with van der Waals surface area (Å²) in [5, 5.41) is 0. The number of nitrogens with zero attached hydrogens (tertiary/aromatic N) is 5. The number of methoxy groups -OCH3 is 1. The van der Waals surface area contributed by atoms with E-state index in [9.17, 15) is 17.4 Å². The first kappa shape index (κ1) is 24.2. The van der Waals surface area contributed by atoms with Crippen molar-refractivity contribution in [1.82, 2.24) is 24.5 Å². The van der Waals surface area contributed by atoms with Crippen LogP contribution >= 0.6 is 11.3 Å². The molecule has 0 aliphatic heterocycles. The van der Waals surface area contributed by atoms with Gasteiger partial charge >= 0.3 is 6.18 Å². The third kappa shape index (κ3) is 5.77. The summed E-state index contributed by atoms with van der Waals surface area (Å²) in [6.45, 7) is 2.61. The topological polar surface area (TPSA) is 92.0 Å². The first-order valence-electron chi connectivity index (χ1n) is 10.1. The Balaban J connectivity index is 1.78. The van der Waals surface area contributed by atoms with Crippen molar-refractivity contribution in [3.8, 4) is 23.0 Å². The summed E-state index contributed by atoms with van der Waals surface area (Å²) in [5.41, 5.74) is 2.23. The van der Waals surface area contributed by atoms with Crippen molar-refractivity contribution in [3.05, 3.63) is 42.5 Å². The van der Waals surface area contributed by atoms with Crippen LogP contribution in [0.1, 0.15) is 12.1 Å². The van der Waals surface area contributed by atoms with Gasteiger partial charge in [0.2, 0.25) is 5.95 Å². The Morgan fingerprint density at radius 2 is 2.00 bits per heavy atom. The van der Waals surface area contributed by atoms with E-state index in [1.165, 1.54) is 0 Å². The van der Waals surface area contributed by atoms with Crippen molar-refractivity contribution in [2.24, 2.45) is 0 Å². The van der Waals surface area contributed by atoms with Gasteiger partial charge in [-0.15, -0.1) is 0 Å². The lowest BCUT2D eigenvalue weighted by Gasteiger charge is -2.09. The van der Waals surface area contributed by atoms with Crippen molar-refractivity contribution < 1.29 is 26.9 Å². The molecule has 13 heteroatoms. The van der Waals surface area contributed by atoms with Crippen LogP contribution < -0.4 is 4.74 Å². The molecule has 0 amide bonds. The fourth-order valence-corrected chi connectivity index (χ4v) is 5.32. The zero-order valence-corrected chi connectivity index (χ0v) is 19.8. The highest BCUT2D eigenvalue weighted by Gasteiger charge is 2.29. The summed E-state index contributed by atoms with van der Waals surface area (Å²) in [5.74, 6) is 0.332. The summed E-state index contributed by atoms with van der Waals surface area (Å²) in [6.07, 6.45) is -2.24. The fraction of sp³-hybridized carbons (Fsp3) is 0.333. The predicted octanol–water partition coefficient (Wildman–Crippen LogP) is 4.33. The third-order valence-electron chi connectivity index (χ3n) is 4.60. The number of aromatic nitrogens is 5.